The second-order valence-electron chi connectivity index (χ2n) is 8.15. The van der Waals surface area contributed by atoms with Gasteiger partial charge in [-0.2, -0.15) is 5.10 Å². The summed E-state index contributed by atoms with van der Waals surface area (Å²) in [6.45, 7) is 2.64. The molecule has 4 atom stereocenters. The maximum atomic E-state index is 14.1. The molecule has 0 bridgehead atoms. The largest absolute Gasteiger partial charge is 0.472 e. The van der Waals surface area contributed by atoms with E-state index in [0.717, 1.165) is 31.5 Å². The summed E-state index contributed by atoms with van der Waals surface area (Å²) in [5.74, 6) is 1.66. The quantitative estimate of drug-likeness (QED) is 0.660. The summed E-state index contributed by atoms with van der Waals surface area (Å²) >= 11 is 0. The fraction of sp³-hybridized carbons (Fsp3) is 0.391. The summed E-state index contributed by atoms with van der Waals surface area (Å²) in [6, 6.07) is 15.0. The first-order valence-corrected chi connectivity index (χ1v) is 10.3. The lowest BCUT2D eigenvalue weighted by Gasteiger charge is -2.37. The van der Waals surface area contributed by atoms with Gasteiger partial charge in [0.05, 0.1) is 6.04 Å². The third kappa shape index (κ3) is 3.90. The maximum Gasteiger partial charge on any atom is 0.213 e. The predicted molar refractivity (Wildman–Crippen MR) is 108 cm³/mol. The van der Waals surface area contributed by atoms with Crippen LogP contribution in [0.3, 0.4) is 0 Å². The summed E-state index contributed by atoms with van der Waals surface area (Å²) in [4.78, 5) is 6.74. The van der Waals surface area contributed by atoms with Crippen LogP contribution in [-0.2, 0) is 6.54 Å². The zero-order valence-corrected chi connectivity index (χ0v) is 16.3. The molecule has 1 aliphatic heterocycles. The molecule has 5 rings (SSSR count). The summed E-state index contributed by atoms with van der Waals surface area (Å²) in [5, 5.41) is 4.50. The van der Waals surface area contributed by atoms with E-state index in [2.05, 4.69) is 15.0 Å². The Labute approximate surface area is 170 Å². The lowest BCUT2D eigenvalue weighted by atomic mass is 9.77. The number of ether oxygens (including phenoxy) is 1. The van der Waals surface area contributed by atoms with Crippen molar-refractivity contribution in [3.05, 3.63) is 78.5 Å². The monoisotopic (exact) mass is 392 g/mol. The van der Waals surface area contributed by atoms with E-state index in [9.17, 15) is 4.39 Å². The molecule has 1 aromatic carbocycles. The number of nitrogens with zero attached hydrogens (tertiary/aromatic N) is 4. The first kappa shape index (κ1) is 18.3. The number of benzene rings is 1. The third-order valence-electron chi connectivity index (χ3n) is 6.29. The van der Waals surface area contributed by atoms with Crippen molar-refractivity contribution in [3.8, 4) is 5.88 Å². The Bertz CT molecular complexity index is 933. The molecule has 0 unspecified atom stereocenters. The second kappa shape index (κ2) is 7.95. The Morgan fingerprint density at radius 3 is 2.55 bits per heavy atom. The second-order valence-corrected chi connectivity index (χ2v) is 8.15. The molecule has 0 amide bonds. The van der Waals surface area contributed by atoms with Gasteiger partial charge in [-0.1, -0.05) is 24.3 Å². The van der Waals surface area contributed by atoms with Crippen LogP contribution < -0.4 is 4.74 Å². The minimum Gasteiger partial charge on any atom is -0.472 e. The molecular weight excluding hydrogens is 367 g/mol. The molecule has 0 radical (unpaired) electrons. The van der Waals surface area contributed by atoms with Crippen LogP contribution in [0.25, 0.3) is 0 Å². The molecule has 0 N–H and O–H groups in total. The molecule has 0 spiro atoms. The van der Waals surface area contributed by atoms with Crippen LogP contribution >= 0.6 is 0 Å². The van der Waals surface area contributed by atoms with Gasteiger partial charge in [-0.3, -0.25) is 9.58 Å². The van der Waals surface area contributed by atoms with Gasteiger partial charge in [0.2, 0.25) is 5.88 Å². The Balaban J connectivity index is 1.33. The molecule has 29 heavy (non-hydrogen) atoms. The van der Waals surface area contributed by atoms with E-state index in [-0.39, 0.29) is 18.0 Å². The fourth-order valence-electron chi connectivity index (χ4n) is 4.94. The number of fused-ring (bicyclic) bond motifs is 1. The average molecular weight is 392 g/mol. The molecule has 2 fully saturated rings. The number of rotatable bonds is 5. The van der Waals surface area contributed by atoms with Crippen LogP contribution in [-0.4, -0.2) is 38.9 Å². The molecule has 150 valence electrons. The maximum absolute atomic E-state index is 14.1. The number of hydrogen-bond donors (Lipinski definition) is 0. The summed E-state index contributed by atoms with van der Waals surface area (Å²) in [7, 11) is 0. The van der Waals surface area contributed by atoms with Crippen LogP contribution in [0.15, 0.2) is 67.1 Å². The van der Waals surface area contributed by atoms with E-state index in [0.29, 0.717) is 24.3 Å². The van der Waals surface area contributed by atoms with Crippen molar-refractivity contribution in [2.75, 3.05) is 13.1 Å². The molecule has 1 saturated heterocycles. The highest BCUT2D eigenvalue weighted by atomic mass is 19.1. The first-order chi connectivity index (χ1) is 14.3. The van der Waals surface area contributed by atoms with E-state index >= 15 is 0 Å². The molecule has 3 heterocycles. The van der Waals surface area contributed by atoms with Gasteiger partial charge in [-0.15, -0.1) is 0 Å². The molecule has 1 aliphatic carbocycles. The zero-order valence-electron chi connectivity index (χ0n) is 16.3. The molecule has 2 aliphatic rings. The van der Waals surface area contributed by atoms with Gasteiger partial charge in [-0.25, -0.2) is 9.37 Å². The van der Waals surface area contributed by atoms with Gasteiger partial charge in [-0.05, 0) is 42.9 Å². The average Bonchev–Trinajstić information content (AvgIpc) is 3.39. The van der Waals surface area contributed by atoms with Crippen molar-refractivity contribution in [3.63, 3.8) is 0 Å². The van der Waals surface area contributed by atoms with Crippen molar-refractivity contribution in [2.24, 2.45) is 11.8 Å². The minimum atomic E-state index is -0.117. The van der Waals surface area contributed by atoms with Gasteiger partial charge in [0.15, 0.2) is 0 Å². The van der Waals surface area contributed by atoms with Crippen LogP contribution in [0.4, 0.5) is 4.39 Å². The Morgan fingerprint density at radius 1 is 0.966 bits per heavy atom. The Morgan fingerprint density at radius 2 is 1.79 bits per heavy atom. The Hall–Kier alpha value is -2.73. The zero-order chi connectivity index (χ0) is 19.6. The minimum absolute atomic E-state index is 0.0273. The van der Waals surface area contributed by atoms with Crippen LogP contribution in [0.5, 0.6) is 5.88 Å². The molecule has 5 nitrogen and oxygen atoms in total. The Kier molecular flexibility index (Phi) is 5.02. The smallest absolute Gasteiger partial charge is 0.213 e. The molecule has 6 heteroatoms. The van der Waals surface area contributed by atoms with E-state index in [1.165, 1.54) is 0 Å². The molecule has 1 saturated carbocycles. The van der Waals surface area contributed by atoms with Gasteiger partial charge >= 0.3 is 0 Å². The van der Waals surface area contributed by atoms with Crippen LogP contribution in [0.1, 0.15) is 24.4 Å². The first-order valence-electron chi connectivity index (χ1n) is 10.3. The third-order valence-corrected chi connectivity index (χ3v) is 6.29. The number of aromatic nitrogens is 3. The summed E-state index contributed by atoms with van der Waals surface area (Å²) in [5.41, 5.74) is 0.774. The van der Waals surface area contributed by atoms with Crippen molar-refractivity contribution in [1.29, 1.82) is 0 Å². The summed E-state index contributed by atoms with van der Waals surface area (Å²) < 4.78 is 22.5. The van der Waals surface area contributed by atoms with Gasteiger partial charge in [0, 0.05) is 49.9 Å². The standard InChI is InChI=1S/C23H25FN4O/c24-20-7-2-1-6-17(20)14-27-15-18-12-21(28-11-5-10-26-28)22(13-19(18)16-27)29-23-8-3-4-9-25-23/h1-11,18-19,21-22H,12-16H2/t18-,19+,21-,22-/m0/s1. The lowest BCUT2D eigenvalue weighted by Crippen LogP contribution is -2.40. The summed E-state index contributed by atoms with van der Waals surface area (Å²) in [6.07, 6.45) is 7.60. The highest BCUT2D eigenvalue weighted by molar-refractivity contribution is 5.17. The highest BCUT2D eigenvalue weighted by Gasteiger charge is 2.44. The number of halogens is 1. The van der Waals surface area contributed by atoms with Crippen LogP contribution in [0, 0.1) is 17.7 Å². The van der Waals surface area contributed by atoms with Gasteiger partial charge in [0.1, 0.15) is 11.9 Å². The van der Waals surface area contributed by atoms with Crippen molar-refractivity contribution in [1.82, 2.24) is 19.7 Å². The van der Waals surface area contributed by atoms with E-state index in [4.69, 9.17) is 4.74 Å². The lowest BCUT2D eigenvalue weighted by molar-refractivity contribution is 0.0459. The fourth-order valence-corrected chi connectivity index (χ4v) is 4.94. The predicted octanol–water partition coefficient (Wildman–Crippen LogP) is 3.95. The topological polar surface area (TPSA) is 43.2 Å². The van der Waals surface area contributed by atoms with Gasteiger partial charge in [0.25, 0.3) is 0 Å². The van der Waals surface area contributed by atoms with Gasteiger partial charge < -0.3 is 4.74 Å². The number of pyridine rings is 1. The van der Waals surface area contributed by atoms with Crippen LogP contribution in [0.2, 0.25) is 0 Å². The number of likely N-dealkylation sites (tertiary alicyclic amines) is 1. The van der Waals surface area contributed by atoms with Crippen molar-refractivity contribution >= 4 is 0 Å². The van der Waals surface area contributed by atoms with Crippen molar-refractivity contribution in [2.45, 2.75) is 31.5 Å². The number of hydrogen-bond acceptors (Lipinski definition) is 4. The molecule has 2 aromatic heterocycles. The van der Waals surface area contributed by atoms with E-state index in [1.54, 1.807) is 18.3 Å². The molecule has 3 aromatic rings. The molecular formula is C23H25FN4O. The van der Waals surface area contributed by atoms with E-state index in [1.807, 2.05) is 53.5 Å². The normalized spacial score (nSPS) is 26.9. The van der Waals surface area contributed by atoms with Crippen molar-refractivity contribution < 1.29 is 9.13 Å². The van der Waals surface area contributed by atoms with E-state index < -0.39 is 0 Å². The SMILES string of the molecule is Fc1ccccc1CN1C[C@H]2C[C@H](Oc3ccccn3)[C@@H](n3cccn3)C[C@H]2C1. The highest BCUT2D eigenvalue weighted by Crippen LogP contribution is 2.42.